The Kier molecular flexibility index (Phi) is 5.72. The van der Waals surface area contributed by atoms with E-state index in [1.165, 1.54) is 11.1 Å². The maximum Gasteiger partial charge on any atom is 0.320 e. The molecule has 0 saturated heterocycles. The van der Waals surface area contributed by atoms with Gasteiger partial charge in [-0.1, -0.05) is 30.3 Å². The number of hydrogen-bond donors (Lipinski definition) is 3. The van der Waals surface area contributed by atoms with Crippen LogP contribution in [0.4, 0.5) is 0 Å². The van der Waals surface area contributed by atoms with Crippen molar-refractivity contribution in [3.05, 3.63) is 41.5 Å². The second kappa shape index (κ2) is 7.75. The lowest BCUT2D eigenvalue weighted by Gasteiger charge is -2.08. The fraction of sp³-hybridized carbons (Fsp3) is 0.412. The van der Waals surface area contributed by atoms with Crippen LogP contribution in [0.3, 0.4) is 0 Å². The molecule has 1 aromatic carbocycles. The number of carboxylic acids is 1. The molecule has 1 aromatic rings. The molecule has 0 aromatic heterocycles. The number of unbranched alkanes of at least 4 members (excludes halogenated alkanes) is 1. The minimum Gasteiger partial charge on any atom is -0.480 e. The second-order valence-electron chi connectivity index (χ2n) is 5.56. The molecule has 0 saturated carbocycles. The number of hydrogen-bond acceptors (Lipinski definition) is 3. The standard InChI is InChI=1S/C17H22N2O3/c18-15(17(21)22)7-3-4-10-19-16(20)11-13-9-8-12-5-1-2-6-14(12)13/h1-2,5-6,9,15H,3-4,7-8,10-11,18H2,(H,19,20)(H,21,22). The van der Waals surface area contributed by atoms with Crippen molar-refractivity contribution in [1.29, 1.82) is 0 Å². The summed E-state index contributed by atoms with van der Waals surface area (Å²) in [4.78, 5) is 22.5. The van der Waals surface area contributed by atoms with Gasteiger partial charge in [0.05, 0.1) is 6.42 Å². The summed E-state index contributed by atoms with van der Waals surface area (Å²) in [5.41, 5.74) is 8.95. The minimum absolute atomic E-state index is 0.00508. The van der Waals surface area contributed by atoms with E-state index in [1.807, 2.05) is 12.1 Å². The minimum atomic E-state index is -0.976. The third kappa shape index (κ3) is 4.43. The van der Waals surface area contributed by atoms with Crippen molar-refractivity contribution in [3.8, 4) is 0 Å². The monoisotopic (exact) mass is 302 g/mol. The maximum atomic E-state index is 11.9. The van der Waals surface area contributed by atoms with Gasteiger partial charge in [-0.3, -0.25) is 9.59 Å². The molecule has 4 N–H and O–H groups in total. The van der Waals surface area contributed by atoms with Crippen LogP contribution < -0.4 is 11.1 Å². The molecule has 118 valence electrons. The molecule has 2 rings (SSSR count). The van der Waals surface area contributed by atoms with Crippen LogP contribution in [0, 0.1) is 0 Å². The van der Waals surface area contributed by atoms with Gasteiger partial charge in [0, 0.05) is 6.54 Å². The molecule has 22 heavy (non-hydrogen) atoms. The summed E-state index contributed by atoms with van der Waals surface area (Å²) in [6, 6.07) is 7.33. The maximum absolute atomic E-state index is 11.9. The molecule has 5 nitrogen and oxygen atoms in total. The topological polar surface area (TPSA) is 92.4 Å². The van der Waals surface area contributed by atoms with Gasteiger partial charge in [-0.15, -0.1) is 0 Å². The Balaban J connectivity index is 1.66. The van der Waals surface area contributed by atoms with E-state index in [-0.39, 0.29) is 5.91 Å². The number of carbonyl (C=O) groups is 2. The van der Waals surface area contributed by atoms with Gasteiger partial charge in [0.25, 0.3) is 0 Å². The van der Waals surface area contributed by atoms with Gasteiger partial charge in [-0.05, 0) is 42.4 Å². The van der Waals surface area contributed by atoms with Gasteiger partial charge < -0.3 is 16.2 Å². The predicted molar refractivity (Wildman–Crippen MR) is 85.2 cm³/mol. The van der Waals surface area contributed by atoms with E-state index in [0.717, 1.165) is 18.4 Å². The molecule has 1 atom stereocenters. The zero-order valence-electron chi connectivity index (χ0n) is 12.5. The first-order valence-electron chi connectivity index (χ1n) is 7.60. The number of allylic oxidation sites excluding steroid dienone is 1. The van der Waals surface area contributed by atoms with Gasteiger partial charge in [0.2, 0.25) is 5.91 Å². The molecule has 0 fully saturated rings. The van der Waals surface area contributed by atoms with Crippen molar-refractivity contribution < 1.29 is 14.7 Å². The highest BCUT2D eigenvalue weighted by Gasteiger charge is 2.16. The smallest absolute Gasteiger partial charge is 0.320 e. The lowest BCUT2D eigenvalue weighted by molar-refractivity contribution is -0.138. The number of benzene rings is 1. The number of aliphatic carboxylic acids is 1. The predicted octanol–water partition coefficient (Wildman–Crippen LogP) is 1.71. The largest absolute Gasteiger partial charge is 0.480 e. The highest BCUT2D eigenvalue weighted by molar-refractivity contribution is 5.90. The summed E-state index contributed by atoms with van der Waals surface area (Å²) in [6.45, 7) is 0.556. The van der Waals surface area contributed by atoms with Crippen molar-refractivity contribution in [2.45, 2.75) is 38.1 Å². The number of nitrogens with one attached hydrogen (secondary N) is 1. The first-order chi connectivity index (χ1) is 10.6. The van der Waals surface area contributed by atoms with Crippen molar-refractivity contribution in [2.24, 2.45) is 5.73 Å². The quantitative estimate of drug-likeness (QED) is 0.637. The third-order valence-electron chi connectivity index (χ3n) is 3.86. The number of amides is 1. The second-order valence-corrected chi connectivity index (χ2v) is 5.56. The van der Waals surface area contributed by atoms with Gasteiger partial charge in [-0.25, -0.2) is 0 Å². The Labute approximate surface area is 130 Å². The third-order valence-corrected chi connectivity index (χ3v) is 3.86. The molecule has 1 amide bonds. The Hall–Kier alpha value is -2.14. The zero-order chi connectivity index (χ0) is 15.9. The normalized spacial score (nSPS) is 14.1. The van der Waals surface area contributed by atoms with E-state index in [1.54, 1.807) is 0 Å². The summed E-state index contributed by atoms with van der Waals surface area (Å²) < 4.78 is 0. The van der Waals surface area contributed by atoms with Crippen molar-refractivity contribution in [3.63, 3.8) is 0 Å². The van der Waals surface area contributed by atoms with Crippen LogP contribution in [0.2, 0.25) is 0 Å². The number of rotatable bonds is 8. The Morgan fingerprint density at radius 2 is 2.05 bits per heavy atom. The highest BCUT2D eigenvalue weighted by Crippen LogP contribution is 2.29. The van der Waals surface area contributed by atoms with E-state index in [4.69, 9.17) is 10.8 Å². The average molecular weight is 302 g/mol. The molecule has 0 bridgehead atoms. The van der Waals surface area contributed by atoms with Crippen molar-refractivity contribution >= 4 is 17.4 Å². The molecular weight excluding hydrogens is 280 g/mol. The molecule has 0 spiro atoms. The van der Waals surface area contributed by atoms with Gasteiger partial charge in [0.1, 0.15) is 6.04 Å². The molecule has 1 aliphatic carbocycles. The first-order valence-corrected chi connectivity index (χ1v) is 7.60. The fourth-order valence-electron chi connectivity index (χ4n) is 2.60. The molecule has 1 aliphatic rings. The Morgan fingerprint density at radius 1 is 1.27 bits per heavy atom. The Bertz CT molecular complexity index is 581. The van der Waals surface area contributed by atoms with Gasteiger partial charge >= 0.3 is 5.97 Å². The molecule has 0 radical (unpaired) electrons. The van der Waals surface area contributed by atoms with E-state index >= 15 is 0 Å². The van der Waals surface area contributed by atoms with Crippen LogP contribution in [-0.4, -0.2) is 29.6 Å². The van der Waals surface area contributed by atoms with Crippen molar-refractivity contribution in [2.75, 3.05) is 6.54 Å². The van der Waals surface area contributed by atoms with Gasteiger partial charge in [-0.2, -0.15) is 0 Å². The average Bonchev–Trinajstić information content (AvgIpc) is 2.90. The SMILES string of the molecule is NC(CCCCNC(=O)CC1=CCc2ccccc21)C(=O)O. The number of nitrogens with two attached hydrogens (primary N) is 1. The summed E-state index contributed by atoms with van der Waals surface area (Å²) in [7, 11) is 0. The number of carbonyl (C=O) groups excluding carboxylic acids is 1. The van der Waals surface area contributed by atoms with Crippen LogP contribution in [0.15, 0.2) is 30.3 Å². The first kappa shape index (κ1) is 16.2. The highest BCUT2D eigenvalue weighted by atomic mass is 16.4. The van der Waals surface area contributed by atoms with Crippen LogP contribution >= 0.6 is 0 Å². The molecule has 1 unspecified atom stereocenters. The summed E-state index contributed by atoms with van der Waals surface area (Å²) in [5, 5.41) is 11.5. The van der Waals surface area contributed by atoms with Gasteiger partial charge in [0.15, 0.2) is 0 Å². The van der Waals surface area contributed by atoms with E-state index in [9.17, 15) is 9.59 Å². The fourth-order valence-corrected chi connectivity index (χ4v) is 2.60. The molecule has 5 heteroatoms. The van der Waals surface area contributed by atoms with Crippen LogP contribution in [0.1, 0.15) is 36.8 Å². The van der Waals surface area contributed by atoms with Crippen LogP contribution in [0.25, 0.3) is 5.57 Å². The van der Waals surface area contributed by atoms with E-state index < -0.39 is 12.0 Å². The number of fused-ring (bicyclic) bond motifs is 1. The lowest BCUT2D eigenvalue weighted by Crippen LogP contribution is -2.30. The molecule has 0 heterocycles. The van der Waals surface area contributed by atoms with Crippen LogP contribution in [-0.2, 0) is 16.0 Å². The Morgan fingerprint density at radius 3 is 2.82 bits per heavy atom. The summed E-state index contributed by atoms with van der Waals surface area (Å²) >= 11 is 0. The zero-order valence-corrected chi connectivity index (χ0v) is 12.5. The van der Waals surface area contributed by atoms with Crippen molar-refractivity contribution in [1.82, 2.24) is 5.32 Å². The van der Waals surface area contributed by atoms with E-state index in [2.05, 4.69) is 23.5 Å². The molecule has 0 aliphatic heterocycles. The number of carboxylic acid groups (broad SMARTS) is 1. The van der Waals surface area contributed by atoms with E-state index in [0.29, 0.717) is 25.8 Å². The van der Waals surface area contributed by atoms with Crippen LogP contribution in [0.5, 0.6) is 0 Å². The summed E-state index contributed by atoms with van der Waals surface area (Å²) in [5.74, 6) is -0.971. The lowest BCUT2D eigenvalue weighted by atomic mass is 10.0. The molecular formula is C17H22N2O3. The summed E-state index contributed by atoms with van der Waals surface area (Å²) in [6.07, 6.45) is 5.26.